The fraction of sp³-hybridized carbons (Fsp3) is 0.375. The average molecular weight is 589 g/mol. The number of rotatable bonds is 13. The lowest BCUT2D eigenvalue weighted by Crippen LogP contribution is -2.59. The second-order valence-corrected chi connectivity index (χ2v) is 11.6. The van der Waals surface area contributed by atoms with Crippen LogP contribution in [0.1, 0.15) is 38.8 Å². The van der Waals surface area contributed by atoms with Crippen LogP contribution >= 0.6 is 0 Å². The Morgan fingerprint density at radius 2 is 1.19 bits per heavy atom. The lowest BCUT2D eigenvalue weighted by Gasteiger charge is -2.27. The summed E-state index contributed by atoms with van der Waals surface area (Å²) < 4.78 is 0. The standard InChI is InChI=1S/C32H40N6O5/c1-17(2)27(33)30(40)38-28(18(3)4)31(41)36-25(13-19-15-34-23-11-7-5-9-21(19)23)29(39)37-26(32(42)43)14-20-16-35-24-12-8-6-10-22(20)24/h5-12,15-18,25-28,34-35H,13-14,33H2,1-4H3,(H,36,41)(H,37,39)(H,38,40)(H,42,43). The van der Waals surface area contributed by atoms with Crippen LogP contribution in [0.15, 0.2) is 60.9 Å². The van der Waals surface area contributed by atoms with E-state index in [9.17, 15) is 24.3 Å². The minimum absolute atomic E-state index is 0.0383. The summed E-state index contributed by atoms with van der Waals surface area (Å²) in [7, 11) is 0. The molecule has 228 valence electrons. The van der Waals surface area contributed by atoms with Gasteiger partial charge >= 0.3 is 5.97 Å². The number of carbonyl (C=O) groups is 4. The van der Waals surface area contributed by atoms with Crippen LogP contribution in [0.4, 0.5) is 0 Å². The molecule has 0 aliphatic carbocycles. The summed E-state index contributed by atoms with van der Waals surface area (Å²) >= 11 is 0. The highest BCUT2D eigenvalue weighted by molar-refractivity contribution is 5.95. The number of amides is 3. The number of aromatic nitrogens is 2. The number of hydrogen-bond donors (Lipinski definition) is 7. The predicted octanol–water partition coefficient (Wildman–Crippen LogP) is 2.61. The zero-order valence-electron chi connectivity index (χ0n) is 24.8. The van der Waals surface area contributed by atoms with E-state index in [1.165, 1.54) is 0 Å². The molecular formula is C32H40N6O5. The average Bonchev–Trinajstić information content (AvgIpc) is 3.58. The van der Waals surface area contributed by atoms with Gasteiger partial charge in [0.2, 0.25) is 17.7 Å². The maximum Gasteiger partial charge on any atom is 0.326 e. The van der Waals surface area contributed by atoms with E-state index in [2.05, 4.69) is 25.9 Å². The van der Waals surface area contributed by atoms with Crippen molar-refractivity contribution in [3.05, 3.63) is 72.1 Å². The third-order valence-electron chi connectivity index (χ3n) is 7.71. The number of H-pyrrole nitrogens is 2. The number of benzene rings is 2. The van der Waals surface area contributed by atoms with E-state index in [-0.39, 0.29) is 24.7 Å². The van der Waals surface area contributed by atoms with Gasteiger partial charge in [-0.25, -0.2) is 4.79 Å². The zero-order chi connectivity index (χ0) is 31.3. The van der Waals surface area contributed by atoms with E-state index in [1.54, 1.807) is 26.2 Å². The first-order chi connectivity index (χ1) is 20.5. The van der Waals surface area contributed by atoms with Gasteiger partial charge in [-0.2, -0.15) is 0 Å². The second kappa shape index (κ2) is 13.6. The first kappa shape index (κ1) is 31.3. The molecule has 2 aromatic carbocycles. The molecule has 2 heterocycles. The SMILES string of the molecule is CC(C)C(N)C(=O)NC(C(=O)NC(Cc1c[nH]c2ccccc12)C(=O)NC(Cc1c[nH]c2ccccc12)C(=O)O)C(C)C. The summed E-state index contributed by atoms with van der Waals surface area (Å²) in [4.78, 5) is 58.6. The Morgan fingerprint density at radius 3 is 1.67 bits per heavy atom. The van der Waals surface area contributed by atoms with Crippen molar-refractivity contribution in [2.24, 2.45) is 17.6 Å². The number of carboxylic acids is 1. The Kier molecular flexibility index (Phi) is 9.87. The highest BCUT2D eigenvalue weighted by atomic mass is 16.4. The smallest absolute Gasteiger partial charge is 0.326 e. The molecule has 0 bridgehead atoms. The van der Waals surface area contributed by atoms with Gasteiger partial charge in [0.25, 0.3) is 0 Å². The highest BCUT2D eigenvalue weighted by Crippen LogP contribution is 2.21. The Hall–Kier alpha value is -4.64. The summed E-state index contributed by atoms with van der Waals surface area (Å²) in [5, 5.41) is 19.9. The lowest BCUT2D eigenvalue weighted by molar-refractivity contribution is -0.142. The van der Waals surface area contributed by atoms with Gasteiger partial charge in [-0.1, -0.05) is 64.1 Å². The molecular weight excluding hydrogens is 548 g/mol. The summed E-state index contributed by atoms with van der Waals surface area (Å²) in [6.45, 7) is 7.18. The zero-order valence-corrected chi connectivity index (χ0v) is 24.8. The molecule has 0 fully saturated rings. The van der Waals surface area contributed by atoms with Crippen LogP contribution in [0, 0.1) is 11.8 Å². The van der Waals surface area contributed by atoms with Gasteiger partial charge in [0, 0.05) is 47.0 Å². The van der Waals surface area contributed by atoms with E-state index in [1.807, 2.05) is 62.4 Å². The molecule has 4 aromatic rings. The maximum atomic E-state index is 13.7. The number of aliphatic carboxylic acids is 1. The molecule has 4 rings (SSSR count). The lowest BCUT2D eigenvalue weighted by atomic mass is 9.98. The van der Waals surface area contributed by atoms with Crippen molar-refractivity contribution in [3.8, 4) is 0 Å². The van der Waals surface area contributed by atoms with E-state index < -0.39 is 47.9 Å². The van der Waals surface area contributed by atoms with Gasteiger partial charge in [0.15, 0.2) is 0 Å². The second-order valence-electron chi connectivity index (χ2n) is 11.6. The van der Waals surface area contributed by atoms with Crippen LogP contribution < -0.4 is 21.7 Å². The van der Waals surface area contributed by atoms with Gasteiger partial charge in [0.1, 0.15) is 18.1 Å². The molecule has 0 spiro atoms. The quantitative estimate of drug-likeness (QED) is 0.126. The number of nitrogens with two attached hydrogens (primary N) is 1. The van der Waals surface area contributed by atoms with Crippen LogP contribution in [0.2, 0.25) is 0 Å². The largest absolute Gasteiger partial charge is 0.480 e. The van der Waals surface area contributed by atoms with Crippen LogP contribution in [0.25, 0.3) is 21.8 Å². The molecule has 0 aliphatic heterocycles. The van der Waals surface area contributed by atoms with Crippen molar-refractivity contribution < 1.29 is 24.3 Å². The number of fused-ring (bicyclic) bond motifs is 2. The summed E-state index contributed by atoms with van der Waals surface area (Å²) in [5.41, 5.74) is 9.24. The molecule has 2 aromatic heterocycles. The normalized spacial score (nSPS) is 14.4. The van der Waals surface area contributed by atoms with Gasteiger partial charge in [-0.05, 0) is 35.1 Å². The summed E-state index contributed by atoms with van der Waals surface area (Å²) in [6.07, 6.45) is 3.62. The molecule has 3 amide bonds. The number of nitrogens with one attached hydrogen (secondary N) is 5. The van der Waals surface area contributed by atoms with E-state index in [4.69, 9.17) is 5.73 Å². The molecule has 8 N–H and O–H groups in total. The number of hydrogen-bond acceptors (Lipinski definition) is 5. The molecule has 0 aliphatic rings. The Labute approximate surface area is 250 Å². The first-order valence-electron chi connectivity index (χ1n) is 14.5. The minimum atomic E-state index is -1.25. The van der Waals surface area contributed by atoms with Crippen LogP contribution in [0.3, 0.4) is 0 Å². The van der Waals surface area contributed by atoms with E-state index in [0.717, 1.165) is 32.9 Å². The summed E-state index contributed by atoms with van der Waals surface area (Å²) in [5.74, 6) is -3.34. The number of aromatic amines is 2. The summed E-state index contributed by atoms with van der Waals surface area (Å²) in [6, 6.07) is 10.9. The van der Waals surface area contributed by atoms with Crippen molar-refractivity contribution >= 4 is 45.5 Å². The molecule has 4 unspecified atom stereocenters. The topological polar surface area (TPSA) is 182 Å². The fourth-order valence-electron chi connectivity index (χ4n) is 5.07. The number of carboxylic acid groups (broad SMARTS) is 1. The Bertz CT molecular complexity index is 1610. The molecule has 11 nitrogen and oxygen atoms in total. The van der Waals surface area contributed by atoms with Gasteiger partial charge in [-0.3, -0.25) is 14.4 Å². The molecule has 11 heteroatoms. The maximum absolute atomic E-state index is 13.7. The van der Waals surface area contributed by atoms with E-state index >= 15 is 0 Å². The van der Waals surface area contributed by atoms with Crippen molar-refractivity contribution in [2.75, 3.05) is 0 Å². The third-order valence-corrected chi connectivity index (χ3v) is 7.71. The Balaban J connectivity index is 1.59. The van der Waals surface area contributed by atoms with Gasteiger partial charge in [-0.15, -0.1) is 0 Å². The molecule has 0 radical (unpaired) electrons. The minimum Gasteiger partial charge on any atom is -0.480 e. The monoisotopic (exact) mass is 588 g/mol. The van der Waals surface area contributed by atoms with Crippen LogP contribution in [-0.2, 0) is 32.0 Å². The van der Waals surface area contributed by atoms with Crippen molar-refractivity contribution in [2.45, 2.75) is 64.7 Å². The number of para-hydroxylation sites is 2. The number of carbonyl (C=O) groups excluding carboxylic acids is 3. The predicted molar refractivity (Wildman–Crippen MR) is 165 cm³/mol. The molecule has 43 heavy (non-hydrogen) atoms. The van der Waals surface area contributed by atoms with E-state index in [0.29, 0.717) is 0 Å². The third kappa shape index (κ3) is 7.42. The van der Waals surface area contributed by atoms with Crippen molar-refractivity contribution in [1.82, 2.24) is 25.9 Å². The van der Waals surface area contributed by atoms with Crippen LogP contribution in [-0.4, -0.2) is 62.9 Å². The van der Waals surface area contributed by atoms with Gasteiger partial charge in [0.05, 0.1) is 6.04 Å². The first-order valence-corrected chi connectivity index (χ1v) is 14.5. The van der Waals surface area contributed by atoms with Crippen LogP contribution in [0.5, 0.6) is 0 Å². The molecule has 4 atom stereocenters. The van der Waals surface area contributed by atoms with Gasteiger partial charge < -0.3 is 36.8 Å². The van der Waals surface area contributed by atoms with Crippen molar-refractivity contribution in [1.29, 1.82) is 0 Å². The molecule has 0 saturated carbocycles. The van der Waals surface area contributed by atoms with Crippen molar-refractivity contribution in [3.63, 3.8) is 0 Å². The Morgan fingerprint density at radius 1 is 0.698 bits per heavy atom. The molecule has 0 saturated heterocycles. The fourth-order valence-corrected chi connectivity index (χ4v) is 5.07. The highest BCUT2D eigenvalue weighted by Gasteiger charge is 2.33.